The number of esters is 1. The van der Waals surface area contributed by atoms with Gasteiger partial charge >= 0.3 is 5.97 Å². The lowest BCUT2D eigenvalue weighted by atomic mass is 10.2. The van der Waals surface area contributed by atoms with Crippen molar-refractivity contribution in [3.63, 3.8) is 0 Å². The minimum absolute atomic E-state index is 0.462. The van der Waals surface area contributed by atoms with Crippen molar-refractivity contribution in [3.05, 3.63) is 0 Å². The third-order valence-corrected chi connectivity index (χ3v) is 2.53. The topological polar surface area (TPSA) is 59.0 Å². The molecule has 5 nitrogen and oxygen atoms in total. The van der Waals surface area contributed by atoms with Gasteiger partial charge in [-0.1, -0.05) is 0 Å². The van der Waals surface area contributed by atoms with Crippen molar-refractivity contribution in [2.75, 3.05) is 40.0 Å². The van der Waals surface area contributed by atoms with E-state index >= 15 is 0 Å². The lowest BCUT2D eigenvalue weighted by Gasteiger charge is -2.26. The van der Waals surface area contributed by atoms with Crippen LogP contribution in [0.25, 0.3) is 0 Å². The number of ether oxygens (including phenoxy) is 2. The molecule has 15 heavy (non-hydrogen) atoms. The van der Waals surface area contributed by atoms with Gasteiger partial charge in [0.1, 0.15) is 0 Å². The summed E-state index contributed by atoms with van der Waals surface area (Å²) in [6, 6.07) is 0. The van der Waals surface area contributed by atoms with Crippen LogP contribution in [0.3, 0.4) is 0 Å². The molecule has 0 aromatic carbocycles. The molecule has 1 aliphatic heterocycles. The van der Waals surface area contributed by atoms with Crippen LogP contribution in [0, 0.1) is 0 Å². The minimum atomic E-state index is -0.976. The van der Waals surface area contributed by atoms with E-state index < -0.39 is 12.1 Å². The third-order valence-electron chi connectivity index (χ3n) is 2.53. The molecule has 0 amide bonds. The maximum atomic E-state index is 10.9. The summed E-state index contributed by atoms with van der Waals surface area (Å²) in [5, 5.41) is 9.33. The Labute approximate surface area is 90.0 Å². The van der Waals surface area contributed by atoms with Crippen LogP contribution in [0.5, 0.6) is 0 Å². The van der Waals surface area contributed by atoms with E-state index in [0.29, 0.717) is 6.42 Å². The van der Waals surface area contributed by atoms with Crippen LogP contribution in [0.15, 0.2) is 0 Å². The van der Waals surface area contributed by atoms with E-state index in [-0.39, 0.29) is 0 Å². The third kappa shape index (κ3) is 4.59. The fourth-order valence-corrected chi connectivity index (χ4v) is 1.59. The lowest BCUT2D eigenvalue weighted by Crippen LogP contribution is -2.37. The SMILES string of the molecule is COC(=O)C(O)CCCN1CCOCC1. The number of hydrogen-bond donors (Lipinski definition) is 1. The molecule has 1 rings (SSSR count). The van der Waals surface area contributed by atoms with Gasteiger partial charge in [-0.3, -0.25) is 4.90 Å². The molecule has 88 valence electrons. The summed E-state index contributed by atoms with van der Waals surface area (Å²) >= 11 is 0. The second kappa shape index (κ2) is 6.76. The highest BCUT2D eigenvalue weighted by molar-refractivity contribution is 5.74. The Morgan fingerprint density at radius 3 is 2.80 bits per heavy atom. The van der Waals surface area contributed by atoms with Crippen molar-refractivity contribution < 1.29 is 19.4 Å². The van der Waals surface area contributed by atoms with Gasteiger partial charge in [0, 0.05) is 13.1 Å². The van der Waals surface area contributed by atoms with E-state index in [1.165, 1.54) is 7.11 Å². The molecule has 0 radical (unpaired) electrons. The number of rotatable bonds is 5. The average Bonchev–Trinajstić information content (AvgIpc) is 2.29. The van der Waals surface area contributed by atoms with Gasteiger partial charge in [-0.15, -0.1) is 0 Å². The van der Waals surface area contributed by atoms with Crippen molar-refractivity contribution in [3.8, 4) is 0 Å². The smallest absolute Gasteiger partial charge is 0.334 e. The largest absolute Gasteiger partial charge is 0.467 e. The summed E-state index contributed by atoms with van der Waals surface area (Å²) in [5.74, 6) is -0.544. The molecule has 0 aromatic rings. The summed E-state index contributed by atoms with van der Waals surface area (Å²) in [5.41, 5.74) is 0. The van der Waals surface area contributed by atoms with Crippen molar-refractivity contribution in [1.82, 2.24) is 4.90 Å². The zero-order valence-corrected chi connectivity index (χ0v) is 9.15. The van der Waals surface area contributed by atoms with Crippen molar-refractivity contribution in [2.24, 2.45) is 0 Å². The predicted molar refractivity (Wildman–Crippen MR) is 54.5 cm³/mol. The van der Waals surface area contributed by atoms with Gasteiger partial charge in [0.15, 0.2) is 6.10 Å². The van der Waals surface area contributed by atoms with Crippen LogP contribution >= 0.6 is 0 Å². The molecule has 1 atom stereocenters. The molecular formula is C10H19NO4. The molecule has 5 heteroatoms. The number of aliphatic hydroxyl groups excluding tert-OH is 1. The highest BCUT2D eigenvalue weighted by Crippen LogP contribution is 2.03. The number of hydrogen-bond acceptors (Lipinski definition) is 5. The van der Waals surface area contributed by atoms with Crippen molar-refractivity contribution in [1.29, 1.82) is 0 Å². The molecule has 1 fully saturated rings. The molecule has 1 aliphatic rings. The Balaban J connectivity index is 2.07. The van der Waals surface area contributed by atoms with Gasteiger partial charge in [-0.25, -0.2) is 4.79 Å². The molecule has 0 aliphatic carbocycles. The maximum Gasteiger partial charge on any atom is 0.334 e. The standard InChI is InChI=1S/C10H19NO4/c1-14-10(13)9(12)3-2-4-11-5-7-15-8-6-11/h9,12H,2-8H2,1H3. The van der Waals surface area contributed by atoms with Crippen LogP contribution in [-0.4, -0.2) is 62.0 Å². The number of carbonyl (C=O) groups is 1. The molecule has 1 heterocycles. The first kappa shape index (κ1) is 12.4. The number of carbonyl (C=O) groups excluding carboxylic acids is 1. The molecule has 0 aromatic heterocycles. The van der Waals surface area contributed by atoms with Crippen LogP contribution < -0.4 is 0 Å². The average molecular weight is 217 g/mol. The molecule has 0 spiro atoms. The maximum absolute atomic E-state index is 10.9. The molecule has 1 N–H and O–H groups in total. The van der Waals surface area contributed by atoms with Crippen LogP contribution in [0.2, 0.25) is 0 Å². The zero-order chi connectivity index (χ0) is 11.1. The van der Waals surface area contributed by atoms with Crippen molar-refractivity contribution >= 4 is 5.97 Å². The van der Waals surface area contributed by atoms with Gasteiger partial charge < -0.3 is 14.6 Å². The van der Waals surface area contributed by atoms with Gasteiger partial charge in [0.2, 0.25) is 0 Å². The second-order valence-corrected chi connectivity index (χ2v) is 3.64. The normalized spacial score (nSPS) is 19.9. The molecule has 1 unspecified atom stereocenters. The van der Waals surface area contributed by atoms with Gasteiger partial charge in [-0.05, 0) is 19.4 Å². The van der Waals surface area contributed by atoms with E-state index in [9.17, 15) is 9.90 Å². The first-order valence-electron chi connectivity index (χ1n) is 5.30. The Morgan fingerprint density at radius 1 is 1.53 bits per heavy atom. The lowest BCUT2D eigenvalue weighted by molar-refractivity contribution is -0.150. The van der Waals surface area contributed by atoms with Gasteiger partial charge in [0.05, 0.1) is 20.3 Å². The fraction of sp³-hybridized carbons (Fsp3) is 0.900. The summed E-state index contributed by atoms with van der Waals surface area (Å²) < 4.78 is 9.65. The van der Waals surface area contributed by atoms with Crippen molar-refractivity contribution in [2.45, 2.75) is 18.9 Å². The Hall–Kier alpha value is -0.650. The van der Waals surface area contributed by atoms with Crippen LogP contribution in [-0.2, 0) is 14.3 Å². The number of methoxy groups -OCH3 is 1. The van der Waals surface area contributed by atoms with Crippen LogP contribution in [0.1, 0.15) is 12.8 Å². The highest BCUT2D eigenvalue weighted by atomic mass is 16.5. The molecular weight excluding hydrogens is 198 g/mol. The quantitative estimate of drug-likeness (QED) is 0.637. The highest BCUT2D eigenvalue weighted by Gasteiger charge is 2.16. The van der Waals surface area contributed by atoms with Crippen LogP contribution in [0.4, 0.5) is 0 Å². The minimum Gasteiger partial charge on any atom is -0.467 e. The summed E-state index contributed by atoms with van der Waals surface area (Å²) in [6.45, 7) is 4.33. The number of nitrogens with zero attached hydrogens (tertiary/aromatic N) is 1. The van der Waals surface area contributed by atoms with Gasteiger partial charge in [0.25, 0.3) is 0 Å². The van der Waals surface area contributed by atoms with E-state index in [0.717, 1.165) is 39.3 Å². The zero-order valence-electron chi connectivity index (χ0n) is 9.15. The molecule has 0 saturated carbocycles. The molecule has 0 bridgehead atoms. The summed E-state index contributed by atoms with van der Waals surface area (Å²) in [6.07, 6.45) is 0.288. The predicted octanol–water partition coefficient (Wildman–Crippen LogP) is -0.367. The summed E-state index contributed by atoms with van der Waals surface area (Å²) in [4.78, 5) is 13.2. The fourth-order valence-electron chi connectivity index (χ4n) is 1.59. The van der Waals surface area contributed by atoms with E-state index in [1.807, 2.05) is 0 Å². The number of morpholine rings is 1. The van der Waals surface area contributed by atoms with E-state index in [1.54, 1.807) is 0 Å². The Morgan fingerprint density at radius 2 is 2.20 bits per heavy atom. The molecule has 1 saturated heterocycles. The Kier molecular flexibility index (Phi) is 5.60. The number of aliphatic hydroxyl groups is 1. The van der Waals surface area contributed by atoms with Gasteiger partial charge in [-0.2, -0.15) is 0 Å². The van der Waals surface area contributed by atoms with E-state index in [2.05, 4.69) is 9.64 Å². The first-order valence-corrected chi connectivity index (χ1v) is 5.30. The summed E-state index contributed by atoms with van der Waals surface area (Å²) in [7, 11) is 1.29. The Bertz CT molecular complexity index is 192. The monoisotopic (exact) mass is 217 g/mol. The van der Waals surface area contributed by atoms with E-state index in [4.69, 9.17) is 4.74 Å². The second-order valence-electron chi connectivity index (χ2n) is 3.64. The first-order chi connectivity index (χ1) is 7.24.